The Morgan fingerprint density at radius 3 is 2.00 bits per heavy atom. The molecule has 30 heavy (non-hydrogen) atoms. The Morgan fingerprint density at radius 1 is 0.600 bits per heavy atom. The number of nitrogens with zero attached hydrogens (tertiary/aromatic N) is 2. The standard InChI is InChI=1S/C28H27N2/c1-3-10-23(11-4-1)14-9-19-30-27-16-8-7-15-25(27)26-18-21-29(22-28(26)30)20-17-24-12-5-2-6-13-24/h1-8,10-13,15-16,18,21-22H,9,14,17,19-20H2/q+1. The minimum Gasteiger partial charge on any atom is -0.336 e. The van der Waals surface area contributed by atoms with Gasteiger partial charge < -0.3 is 4.57 Å². The Labute approximate surface area is 178 Å². The molecule has 2 nitrogen and oxygen atoms in total. The van der Waals surface area contributed by atoms with Gasteiger partial charge in [-0.25, -0.2) is 4.57 Å². The SMILES string of the molecule is c1ccc(CCCn2c3ccccc3c3cc[n+](CCc4ccccc4)cc32)cc1. The zero-order chi connectivity index (χ0) is 20.2. The second-order valence-electron chi connectivity index (χ2n) is 7.98. The van der Waals surface area contributed by atoms with E-state index in [9.17, 15) is 0 Å². The molecule has 2 heteroatoms. The average molecular weight is 392 g/mol. The van der Waals surface area contributed by atoms with Crippen molar-refractivity contribution in [2.24, 2.45) is 0 Å². The highest BCUT2D eigenvalue weighted by Gasteiger charge is 2.14. The maximum atomic E-state index is 2.51. The molecule has 0 bridgehead atoms. The first-order valence-electron chi connectivity index (χ1n) is 10.9. The van der Waals surface area contributed by atoms with Crippen LogP contribution < -0.4 is 4.57 Å². The van der Waals surface area contributed by atoms with Crippen molar-refractivity contribution in [2.45, 2.75) is 32.4 Å². The molecule has 0 spiro atoms. The minimum absolute atomic E-state index is 0.992. The van der Waals surface area contributed by atoms with Crippen LogP contribution in [0.3, 0.4) is 0 Å². The molecule has 148 valence electrons. The predicted octanol–water partition coefficient (Wildman–Crippen LogP) is 5.96. The maximum Gasteiger partial charge on any atom is 0.193 e. The van der Waals surface area contributed by atoms with E-state index in [0.717, 1.165) is 32.4 Å². The topological polar surface area (TPSA) is 8.81 Å². The number of aromatic nitrogens is 2. The lowest BCUT2D eigenvalue weighted by molar-refractivity contribution is -0.695. The average Bonchev–Trinajstić information content (AvgIpc) is 3.12. The number of aryl methyl sites for hydroxylation is 4. The molecule has 5 aromatic rings. The van der Waals surface area contributed by atoms with Gasteiger partial charge in [-0.1, -0.05) is 78.9 Å². The Morgan fingerprint density at radius 2 is 1.23 bits per heavy atom. The van der Waals surface area contributed by atoms with E-state index in [1.165, 1.54) is 32.9 Å². The fourth-order valence-corrected chi connectivity index (χ4v) is 4.40. The van der Waals surface area contributed by atoms with E-state index in [2.05, 4.69) is 113 Å². The van der Waals surface area contributed by atoms with Crippen LogP contribution in [0.1, 0.15) is 17.5 Å². The lowest BCUT2D eigenvalue weighted by Gasteiger charge is -2.07. The number of hydrogen-bond acceptors (Lipinski definition) is 0. The molecule has 0 aliphatic carbocycles. The van der Waals surface area contributed by atoms with Crippen LogP contribution in [0, 0.1) is 0 Å². The van der Waals surface area contributed by atoms with Gasteiger partial charge in [-0.3, -0.25) is 0 Å². The number of para-hydroxylation sites is 1. The summed E-state index contributed by atoms with van der Waals surface area (Å²) in [4.78, 5) is 0. The van der Waals surface area contributed by atoms with Gasteiger partial charge in [0.2, 0.25) is 0 Å². The van der Waals surface area contributed by atoms with Gasteiger partial charge in [0.25, 0.3) is 0 Å². The van der Waals surface area contributed by atoms with Crippen molar-refractivity contribution in [2.75, 3.05) is 0 Å². The fourth-order valence-electron chi connectivity index (χ4n) is 4.40. The van der Waals surface area contributed by atoms with Crippen LogP contribution in [0.2, 0.25) is 0 Å². The van der Waals surface area contributed by atoms with Crippen molar-refractivity contribution < 1.29 is 4.57 Å². The van der Waals surface area contributed by atoms with E-state index in [1.807, 2.05) is 0 Å². The van der Waals surface area contributed by atoms with E-state index in [1.54, 1.807) is 0 Å². The van der Waals surface area contributed by atoms with E-state index in [0.29, 0.717) is 0 Å². The zero-order valence-corrected chi connectivity index (χ0v) is 17.2. The molecule has 0 aliphatic rings. The van der Waals surface area contributed by atoms with Gasteiger partial charge in [0, 0.05) is 35.3 Å². The van der Waals surface area contributed by atoms with Crippen LogP contribution in [-0.2, 0) is 25.9 Å². The highest BCUT2D eigenvalue weighted by atomic mass is 15.0. The van der Waals surface area contributed by atoms with E-state index in [-0.39, 0.29) is 0 Å². The highest BCUT2D eigenvalue weighted by molar-refractivity contribution is 6.07. The summed E-state index contributed by atoms with van der Waals surface area (Å²) in [6, 6.07) is 32.6. The molecule has 0 unspecified atom stereocenters. The number of fused-ring (bicyclic) bond motifs is 3. The first-order chi connectivity index (χ1) is 14.9. The monoisotopic (exact) mass is 391 g/mol. The molecule has 5 rings (SSSR count). The second-order valence-corrected chi connectivity index (χ2v) is 7.98. The molecule has 0 fully saturated rings. The number of pyridine rings is 1. The van der Waals surface area contributed by atoms with Crippen LogP contribution in [-0.4, -0.2) is 4.57 Å². The molecule has 0 aliphatic heterocycles. The third-order valence-corrected chi connectivity index (χ3v) is 5.96. The molecule has 0 radical (unpaired) electrons. The molecular weight excluding hydrogens is 364 g/mol. The smallest absolute Gasteiger partial charge is 0.193 e. The first kappa shape index (κ1) is 18.6. The van der Waals surface area contributed by atoms with Gasteiger partial charge in [-0.2, -0.15) is 0 Å². The van der Waals surface area contributed by atoms with Crippen molar-refractivity contribution in [3.8, 4) is 0 Å². The summed E-state index contributed by atoms with van der Waals surface area (Å²) < 4.78 is 4.84. The van der Waals surface area contributed by atoms with Gasteiger partial charge in [-0.05, 0) is 30.0 Å². The van der Waals surface area contributed by atoms with Gasteiger partial charge in [0.05, 0.1) is 0 Å². The Balaban J connectivity index is 1.44. The van der Waals surface area contributed by atoms with Crippen molar-refractivity contribution in [3.05, 3.63) is 115 Å². The lowest BCUT2D eigenvalue weighted by Crippen LogP contribution is -2.34. The maximum absolute atomic E-state index is 2.51. The van der Waals surface area contributed by atoms with Gasteiger partial charge in [-0.15, -0.1) is 0 Å². The largest absolute Gasteiger partial charge is 0.336 e. The molecule has 0 N–H and O–H groups in total. The quantitative estimate of drug-likeness (QED) is 0.303. The van der Waals surface area contributed by atoms with E-state index in [4.69, 9.17) is 0 Å². The molecule has 0 amide bonds. The van der Waals surface area contributed by atoms with Gasteiger partial charge >= 0.3 is 0 Å². The van der Waals surface area contributed by atoms with Crippen LogP contribution in [0.25, 0.3) is 21.8 Å². The highest BCUT2D eigenvalue weighted by Crippen LogP contribution is 2.28. The third kappa shape index (κ3) is 3.86. The number of hydrogen-bond donors (Lipinski definition) is 0. The first-order valence-corrected chi connectivity index (χ1v) is 10.9. The summed E-state index contributed by atoms with van der Waals surface area (Å²) in [5, 5.41) is 2.70. The molecule has 0 saturated heterocycles. The molecule has 2 aromatic heterocycles. The van der Waals surface area contributed by atoms with Crippen LogP contribution in [0.5, 0.6) is 0 Å². The lowest BCUT2D eigenvalue weighted by atomic mass is 10.1. The Kier molecular flexibility index (Phi) is 5.30. The number of rotatable bonds is 7. The molecule has 0 atom stereocenters. The van der Waals surface area contributed by atoms with Gasteiger partial charge in [0.1, 0.15) is 5.52 Å². The normalized spacial score (nSPS) is 11.3. The van der Waals surface area contributed by atoms with E-state index < -0.39 is 0 Å². The molecule has 3 aromatic carbocycles. The molecular formula is C28H27N2+. The van der Waals surface area contributed by atoms with Crippen LogP contribution in [0.4, 0.5) is 0 Å². The summed E-state index contributed by atoms with van der Waals surface area (Å²) in [7, 11) is 0. The zero-order valence-electron chi connectivity index (χ0n) is 17.2. The van der Waals surface area contributed by atoms with Crippen molar-refractivity contribution in [3.63, 3.8) is 0 Å². The molecule has 2 heterocycles. The summed E-state index contributed by atoms with van der Waals surface area (Å²) in [6.07, 6.45) is 7.85. The van der Waals surface area contributed by atoms with Crippen LogP contribution in [0.15, 0.2) is 103 Å². The van der Waals surface area contributed by atoms with Crippen molar-refractivity contribution in [1.82, 2.24) is 4.57 Å². The van der Waals surface area contributed by atoms with Gasteiger partial charge in [0.15, 0.2) is 18.9 Å². The Hall–Kier alpha value is -3.39. The number of benzene rings is 3. The Bertz CT molecular complexity index is 1250. The predicted molar refractivity (Wildman–Crippen MR) is 125 cm³/mol. The minimum atomic E-state index is 0.992. The summed E-state index contributed by atoms with van der Waals surface area (Å²) >= 11 is 0. The van der Waals surface area contributed by atoms with E-state index >= 15 is 0 Å². The summed E-state index contributed by atoms with van der Waals surface area (Å²) in [5.74, 6) is 0. The fraction of sp³-hybridized carbons (Fsp3) is 0.179. The van der Waals surface area contributed by atoms with Crippen molar-refractivity contribution in [1.29, 1.82) is 0 Å². The summed E-state index contributed by atoms with van der Waals surface area (Å²) in [6.45, 7) is 2.02. The van der Waals surface area contributed by atoms with Crippen molar-refractivity contribution >= 4 is 21.8 Å². The molecule has 0 saturated carbocycles. The van der Waals surface area contributed by atoms with Crippen LogP contribution >= 0.6 is 0 Å². The summed E-state index contributed by atoms with van der Waals surface area (Å²) in [5.41, 5.74) is 5.46. The third-order valence-electron chi connectivity index (χ3n) is 5.96. The second kappa shape index (κ2) is 8.54.